The van der Waals surface area contributed by atoms with Gasteiger partial charge in [0.1, 0.15) is 0 Å². The number of carbonyl (C=O) groups excluding carboxylic acids is 2. The van der Waals surface area contributed by atoms with Crippen molar-refractivity contribution < 1.29 is 14.3 Å². The largest absolute Gasteiger partial charge is 0.370 e. The second kappa shape index (κ2) is 7.27. The van der Waals surface area contributed by atoms with Crippen LogP contribution in [0.3, 0.4) is 0 Å². The summed E-state index contributed by atoms with van der Waals surface area (Å²) in [6.45, 7) is 5.38. The van der Waals surface area contributed by atoms with E-state index in [0.717, 1.165) is 37.9 Å². The first-order chi connectivity index (χ1) is 12.6. The summed E-state index contributed by atoms with van der Waals surface area (Å²) in [5.74, 6) is 0.129. The van der Waals surface area contributed by atoms with Gasteiger partial charge in [0.25, 0.3) is 0 Å². The topological polar surface area (TPSA) is 61.9 Å². The summed E-state index contributed by atoms with van der Waals surface area (Å²) in [4.78, 5) is 29.1. The Bertz CT molecular complexity index is 687. The van der Waals surface area contributed by atoms with Crippen molar-refractivity contribution in [1.82, 2.24) is 15.1 Å². The first-order valence-corrected chi connectivity index (χ1v) is 9.63. The number of benzene rings is 1. The zero-order valence-electron chi connectivity index (χ0n) is 15.3. The van der Waals surface area contributed by atoms with Crippen LogP contribution in [-0.4, -0.2) is 60.1 Å². The molecule has 2 bridgehead atoms. The molecular weight excluding hydrogens is 330 g/mol. The Balaban J connectivity index is 1.34. The van der Waals surface area contributed by atoms with Crippen molar-refractivity contribution in [2.75, 3.05) is 26.2 Å². The summed E-state index contributed by atoms with van der Waals surface area (Å²) >= 11 is 0. The molecule has 0 radical (unpaired) electrons. The van der Waals surface area contributed by atoms with Gasteiger partial charge in [0, 0.05) is 32.7 Å². The fourth-order valence-corrected chi connectivity index (χ4v) is 4.35. The molecule has 3 atom stereocenters. The number of urea groups is 1. The van der Waals surface area contributed by atoms with Crippen LogP contribution in [0, 0.1) is 12.8 Å². The highest BCUT2D eigenvalue weighted by molar-refractivity contribution is 5.81. The number of amides is 3. The lowest BCUT2D eigenvalue weighted by Gasteiger charge is -2.33. The van der Waals surface area contributed by atoms with E-state index in [1.165, 1.54) is 5.56 Å². The van der Waals surface area contributed by atoms with Crippen LogP contribution in [0.15, 0.2) is 24.3 Å². The molecule has 3 aliphatic heterocycles. The van der Waals surface area contributed by atoms with Gasteiger partial charge in [-0.25, -0.2) is 4.79 Å². The molecule has 0 spiro atoms. The molecule has 0 aliphatic carbocycles. The van der Waals surface area contributed by atoms with Gasteiger partial charge >= 0.3 is 6.03 Å². The zero-order valence-corrected chi connectivity index (χ0v) is 15.3. The van der Waals surface area contributed by atoms with Gasteiger partial charge in [0.05, 0.1) is 18.1 Å². The van der Waals surface area contributed by atoms with E-state index in [-0.39, 0.29) is 30.1 Å². The Morgan fingerprint density at radius 2 is 1.92 bits per heavy atom. The second-order valence-corrected chi connectivity index (χ2v) is 7.66. The van der Waals surface area contributed by atoms with E-state index in [2.05, 4.69) is 5.32 Å². The minimum Gasteiger partial charge on any atom is -0.370 e. The van der Waals surface area contributed by atoms with Gasteiger partial charge < -0.3 is 19.9 Å². The maximum Gasteiger partial charge on any atom is 0.317 e. The van der Waals surface area contributed by atoms with Gasteiger partial charge in [-0.1, -0.05) is 24.3 Å². The molecule has 3 saturated heterocycles. The quantitative estimate of drug-likeness (QED) is 0.899. The molecule has 26 heavy (non-hydrogen) atoms. The maximum absolute atomic E-state index is 12.7. The molecule has 1 aromatic carbocycles. The van der Waals surface area contributed by atoms with E-state index >= 15 is 0 Å². The number of hydrogen-bond donors (Lipinski definition) is 1. The number of rotatable bonds is 3. The summed E-state index contributed by atoms with van der Waals surface area (Å²) in [6.07, 6.45) is 2.75. The third kappa shape index (κ3) is 3.43. The average Bonchev–Trinajstić information content (AvgIpc) is 3.28. The molecular formula is C20H27N3O3. The smallest absolute Gasteiger partial charge is 0.317 e. The van der Waals surface area contributed by atoms with E-state index in [0.29, 0.717) is 19.6 Å². The Labute approximate surface area is 154 Å². The lowest BCUT2D eigenvalue weighted by Crippen LogP contribution is -2.51. The van der Waals surface area contributed by atoms with Gasteiger partial charge in [-0.2, -0.15) is 0 Å². The summed E-state index contributed by atoms with van der Waals surface area (Å²) in [5, 5.41) is 3.01. The predicted octanol–water partition coefficient (Wildman–Crippen LogP) is 1.92. The SMILES string of the molecule is Cc1ccccc1CNC(=O)N1C[C@H]2C[C@H](C(=O)N3CCCC3)[C@@H](C1)O2. The van der Waals surface area contributed by atoms with Crippen LogP contribution < -0.4 is 5.32 Å². The maximum atomic E-state index is 12.7. The number of ether oxygens (including phenoxy) is 1. The number of carbonyl (C=O) groups is 2. The normalized spacial score (nSPS) is 27.7. The van der Waals surface area contributed by atoms with E-state index in [4.69, 9.17) is 4.74 Å². The van der Waals surface area contributed by atoms with Crippen molar-refractivity contribution in [3.8, 4) is 0 Å². The molecule has 0 saturated carbocycles. The number of hydrogen-bond acceptors (Lipinski definition) is 3. The highest BCUT2D eigenvalue weighted by Crippen LogP contribution is 2.34. The standard InChI is InChI=1S/C20H27N3O3/c1-14-6-2-3-7-15(14)11-21-20(25)23-12-16-10-17(18(13-23)26-16)19(24)22-8-4-5-9-22/h2-3,6-7,16-18H,4-5,8-13H2,1H3,(H,21,25)/t16-,17+,18-/m1/s1. The Hall–Kier alpha value is -2.08. The fraction of sp³-hybridized carbons (Fsp3) is 0.600. The van der Waals surface area contributed by atoms with E-state index in [1.807, 2.05) is 41.0 Å². The first-order valence-electron chi connectivity index (χ1n) is 9.63. The van der Waals surface area contributed by atoms with Gasteiger partial charge in [-0.3, -0.25) is 4.79 Å². The van der Waals surface area contributed by atoms with Crippen molar-refractivity contribution in [3.63, 3.8) is 0 Å². The minimum atomic E-state index is -0.161. The highest BCUT2D eigenvalue weighted by atomic mass is 16.5. The molecule has 4 rings (SSSR count). The molecule has 1 aromatic rings. The zero-order chi connectivity index (χ0) is 18.1. The molecule has 3 heterocycles. The second-order valence-electron chi connectivity index (χ2n) is 7.66. The summed E-state index contributed by atoms with van der Waals surface area (Å²) in [6, 6.07) is 7.99. The van der Waals surface area contributed by atoms with Crippen LogP contribution in [0.2, 0.25) is 0 Å². The molecule has 0 aromatic heterocycles. The minimum absolute atomic E-state index is 0.0190. The molecule has 3 aliphatic rings. The van der Waals surface area contributed by atoms with Crippen LogP contribution in [0.5, 0.6) is 0 Å². The van der Waals surface area contributed by atoms with Crippen molar-refractivity contribution in [1.29, 1.82) is 0 Å². The first kappa shape index (κ1) is 17.3. The molecule has 6 heteroatoms. The van der Waals surface area contributed by atoms with Crippen molar-refractivity contribution in [2.45, 2.75) is 44.9 Å². The molecule has 140 valence electrons. The number of fused-ring (bicyclic) bond motifs is 2. The summed E-state index contributed by atoms with van der Waals surface area (Å²) in [5.41, 5.74) is 2.30. The lowest BCUT2D eigenvalue weighted by atomic mass is 9.99. The third-order valence-electron chi connectivity index (χ3n) is 5.87. The molecule has 3 amide bonds. The van der Waals surface area contributed by atoms with Gasteiger partial charge in [-0.05, 0) is 37.3 Å². The average molecular weight is 357 g/mol. The predicted molar refractivity (Wildman–Crippen MR) is 97.6 cm³/mol. The van der Waals surface area contributed by atoms with E-state index in [1.54, 1.807) is 0 Å². The Morgan fingerprint density at radius 1 is 1.15 bits per heavy atom. The number of nitrogens with zero attached hydrogens (tertiary/aromatic N) is 2. The molecule has 6 nitrogen and oxygen atoms in total. The van der Waals surface area contributed by atoms with Gasteiger partial charge in [0.2, 0.25) is 5.91 Å². The number of morpholine rings is 1. The third-order valence-corrected chi connectivity index (χ3v) is 5.87. The fourth-order valence-electron chi connectivity index (χ4n) is 4.35. The number of likely N-dealkylation sites (tertiary alicyclic amines) is 2. The van der Waals surface area contributed by atoms with Crippen LogP contribution in [0.4, 0.5) is 4.79 Å². The van der Waals surface area contributed by atoms with E-state index in [9.17, 15) is 9.59 Å². The number of aryl methyl sites for hydroxylation is 1. The number of nitrogens with one attached hydrogen (secondary N) is 1. The van der Waals surface area contributed by atoms with Crippen molar-refractivity contribution in [3.05, 3.63) is 35.4 Å². The van der Waals surface area contributed by atoms with Crippen LogP contribution in [-0.2, 0) is 16.1 Å². The summed E-state index contributed by atoms with van der Waals surface area (Å²) in [7, 11) is 0. The Kier molecular flexibility index (Phi) is 4.85. The monoisotopic (exact) mass is 357 g/mol. The van der Waals surface area contributed by atoms with Crippen LogP contribution in [0.1, 0.15) is 30.4 Å². The van der Waals surface area contributed by atoms with Gasteiger partial charge in [0.15, 0.2) is 0 Å². The molecule has 3 fully saturated rings. The summed E-state index contributed by atoms with van der Waals surface area (Å²) < 4.78 is 5.98. The van der Waals surface area contributed by atoms with E-state index < -0.39 is 0 Å². The van der Waals surface area contributed by atoms with Crippen LogP contribution >= 0.6 is 0 Å². The van der Waals surface area contributed by atoms with Crippen LogP contribution in [0.25, 0.3) is 0 Å². The van der Waals surface area contributed by atoms with Crippen molar-refractivity contribution >= 4 is 11.9 Å². The lowest BCUT2D eigenvalue weighted by molar-refractivity contribution is -0.137. The van der Waals surface area contributed by atoms with Crippen molar-refractivity contribution in [2.24, 2.45) is 5.92 Å². The highest BCUT2D eigenvalue weighted by Gasteiger charge is 2.47. The Morgan fingerprint density at radius 3 is 2.69 bits per heavy atom. The molecule has 1 N–H and O–H groups in total. The van der Waals surface area contributed by atoms with Gasteiger partial charge in [-0.15, -0.1) is 0 Å². The molecule has 0 unspecified atom stereocenters.